The molecule has 7 nitrogen and oxygen atoms in total. The lowest BCUT2D eigenvalue weighted by molar-refractivity contribution is -0.0248. The summed E-state index contributed by atoms with van der Waals surface area (Å²) in [4.78, 5) is 30.1. The van der Waals surface area contributed by atoms with E-state index in [1.165, 1.54) is 6.07 Å². The third-order valence-electron chi connectivity index (χ3n) is 5.67. The van der Waals surface area contributed by atoms with Crippen molar-refractivity contribution in [1.29, 1.82) is 0 Å². The van der Waals surface area contributed by atoms with Crippen LogP contribution in [0.5, 0.6) is 0 Å². The molecule has 1 aliphatic rings. The quantitative estimate of drug-likeness (QED) is 0.594. The van der Waals surface area contributed by atoms with E-state index >= 15 is 0 Å². The van der Waals surface area contributed by atoms with Crippen LogP contribution in [0.2, 0.25) is 0 Å². The van der Waals surface area contributed by atoms with Crippen LogP contribution in [0, 0.1) is 19.7 Å². The van der Waals surface area contributed by atoms with E-state index in [2.05, 4.69) is 15.0 Å². The highest BCUT2D eigenvalue weighted by Crippen LogP contribution is 2.25. The number of aryl methyl sites for hydroxylation is 2. The number of benzene rings is 1. The summed E-state index contributed by atoms with van der Waals surface area (Å²) in [6.45, 7) is 5.00. The molecule has 1 saturated heterocycles. The van der Waals surface area contributed by atoms with Gasteiger partial charge in [-0.05, 0) is 43.2 Å². The van der Waals surface area contributed by atoms with Gasteiger partial charge in [-0.25, -0.2) is 14.4 Å². The molecule has 4 rings (SSSR count). The van der Waals surface area contributed by atoms with Gasteiger partial charge in [0.1, 0.15) is 11.9 Å². The smallest absolute Gasteiger partial charge is 0.257 e. The molecule has 172 valence electrons. The zero-order valence-corrected chi connectivity index (χ0v) is 19.4. The Hall–Kier alpha value is -3.39. The molecule has 33 heavy (non-hydrogen) atoms. The fraction of sp³-hybridized carbons (Fsp3) is 0.360. The van der Waals surface area contributed by atoms with Crippen molar-refractivity contribution in [2.75, 3.05) is 38.7 Å². The summed E-state index contributed by atoms with van der Waals surface area (Å²) >= 11 is 0. The molecule has 1 unspecified atom stereocenters. The van der Waals surface area contributed by atoms with Crippen LogP contribution < -0.4 is 4.90 Å². The van der Waals surface area contributed by atoms with E-state index in [1.54, 1.807) is 28.1 Å². The number of ether oxygens (including phenoxy) is 1. The van der Waals surface area contributed by atoms with Crippen LogP contribution in [0.1, 0.15) is 44.7 Å². The third kappa shape index (κ3) is 5.17. The molecule has 0 spiro atoms. The van der Waals surface area contributed by atoms with Gasteiger partial charge in [0.25, 0.3) is 5.91 Å². The lowest BCUT2D eigenvalue weighted by Gasteiger charge is -2.33. The fourth-order valence-corrected chi connectivity index (χ4v) is 3.96. The predicted octanol–water partition coefficient (Wildman–Crippen LogP) is 3.50. The molecule has 1 fully saturated rings. The molecule has 3 aromatic rings. The molecule has 0 bridgehead atoms. The first-order chi connectivity index (χ1) is 15.8. The van der Waals surface area contributed by atoms with Crippen molar-refractivity contribution in [3.8, 4) is 0 Å². The number of pyridine rings is 1. The summed E-state index contributed by atoms with van der Waals surface area (Å²) in [5.74, 6) is 0.220. The van der Waals surface area contributed by atoms with E-state index in [-0.39, 0.29) is 17.8 Å². The molecular weight excluding hydrogens is 421 g/mol. The highest BCUT2D eigenvalue weighted by atomic mass is 19.1. The third-order valence-corrected chi connectivity index (χ3v) is 5.67. The van der Waals surface area contributed by atoms with E-state index in [1.807, 2.05) is 46.1 Å². The number of hydrogen-bond acceptors (Lipinski definition) is 6. The van der Waals surface area contributed by atoms with Crippen LogP contribution in [0.15, 0.2) is 42.6 Å². The molecule has 0 radical (unpaired) electrons. The Labute approximate surface area is 193 Å². The van der Waals surface area contributed by atoms with Gasteiger partial charge in [-0.2, -0.15) is 0 Å². The topological polar surface area (TPSA) is 71.5 Å². The van der Waals surface area contributed by atoms with Crippen molar-refractivity contribution in [2.24, 2.45) is 0 Å². The van der Waals surface area contributed by atoms with Gasteiger partial charge in [-0.3, -0.25) is 9.78 Å². The monoisotopic (exact) mass is 449 g/mol. The molecule has 8 heteroatoms. The van der Waals surface area contributed by atoms with E-state index in [4.69, 9.17) is 4.74 Å². The number of hydrogen-bond donors (Lipinski definition) is 0. The zero-order valence-electron chi connectivity index (χ0n) is 19.4. The molecule has 1 aliphatic heterocycles. The first kappa shape index (κ1) is 22.8. The summed E-state index contributed by atoms with van der Waals surface area (Å²) < 4.78 is 20.1. The first-order valence-electron chi connectivity index (χ1n) is 10.9. The number of rotatable bonds is 5. The van der Waals surface area contributed by atoms with Crippen LogP contribution in [0.4, 0.5) is 10.3 Å². The van der Waals surface area contributed by atoms with Crippen molar-refractivity contribution < 1.29 is 13.9 Å². The lowest BCUT2D eigenvalue weighted by Crippen LogP contribution is -2.43. The van der Waals surface area contributed by atoms with Crippen LogP contribution in [0.3, 0.4) is 0 Å². The normalized spacial score (nSPS) is 16.0. The van der Waals surface area contributed by atoms with Gasteiger partial charge in [0.2, 0.25) is 5.95 Å². The van der Waals surface area contributed by atoms with E-state index in [0.717, 1.165) is 17.0 Å². The van der Waals surface area contributed by atoms with Gasteiger partial charge in [0.05, 0.1) is 30.1 Å². The number of halogens is 1. The molecule has 1 aromatic carbocycles. The summed E-state index contributed by atoms with van der Waals surface area (Å²) in [6, 6.07) is 10.7. The molecular formula is C25H28FN5O2. The Morgan fingerprint density at radius 1 is 1.21 bits per heavy atom. The second-order valence-corrected chi connectivity index (χ2v) is 8.48. The Kier molecular flexibility index (Phi) is 6.65. The number of anilines is 1. The maximum atomic E-state index is 14.1. The number of aromatic nitrogens is 3. The minimum atomic E-state index is -0.357. The van der Waals surface area contributed by atoms with E-state index in [9.17, 15) is 9.18 Å². The minimum Gasteiger partial charge on any atom is -0.368 e. The largest absolute Gasteiger partial charge is 0.368 e. The fourth-order valence-electron chi connectivity index (χ4n) is 3.96. The summed E-state index contributed by atoms with van der Waals surface area (Å²) in [5.41, 5.74) is 4.29. The van der Waals surface area contributed by atoms with Crippen molar-refractivity contribution in [2.45, 2.75) is 26.4 Å². The number of nitrogens with zero attached hydrogens (tertiary/aromatic N) is 5. The summed E-state index contributed by atoms with van der Waals surface area (Å²) in [6.07, 6.45) is 1.69. The van der Waals surface area contributed by atoms with Crippen molar-refractivity contribution in [1.82, 2.24) is 19.9 Å². The minimum absolute atomic E-state index is 0.120. The molecule has 2 aromatic heterocycles. The molecule has 0 saturated carbocycles. The first-order valence-corrected chi connectivity index (χ1v) is 10.9. The average molecular weight is 450 g/mol. The highest BCUT2D eigenvalue weighted by Gasteiger charge is 2.28. The van der Waals surface area contributed by atoms with Gasteiger partial charge < -0.3 is 14.5 Å². The Bertz CT molecular complexity index is 1170. The lowest BCUT2D eigenvalue weighted by atomic mass is 10.0. The molecule has 0 aliphatic carbocycles. The SMILES string of the molecule is Cc1cc(Cc2ccccc2F)cc(C2CN(C(=O)c3cnc(N(C)C)nc3C)CCO2)n1. The van der Waals surface area contributed by atoms with Crippen molar-refractivity contribution >= 4 is 11.9 Å². The summed E-state index contributed by atoms with van der Waals surface area (Å²) in [5, 5.41) is 0. The maximum absolute atomic E-state index is 14.1. The molecule has 1 atom stereocenters. The van der Waals surface area contributed by atoms with Crippen LogP contribution in [-0.2, 0) is 11.2 Å². The van der Waals surface area contributed by atoms with Gasteiger partial charge >= 0.3 is 0 Å². The zero-order chi connectivity index (χ0) is 23.5. The van der Waals surface area contributed by atoms with Gasteiger partial charge in [-0.15, -0.1) is 0 Å². The van der Waals surface area contributed by atoms with Gasteiger partial charge in [0, 0.05) is 39.0 Å². The van der Waals surface area contributed by atoms with Crippen molar-refractivity contribution in [3.63, 3.8) is 0 Å². The molecule has 1 amide bonds. The second-order valence-electron chi connectivity index (χ2n) is 8.48. The highest BCUT2D eigenvalue weighted by molar-refractivity contribution is 5.95. The van der Waals surface area contributed by atoms with Crippen molar-refractivity contribution in [3.05, 3.63) is 82.2 Å². The van der Waals surface area contributed by atoms with E-state index in [0.29, 0.717) is 48.9 Å². The Morgan fingerprint density at radius 2 is 2.00 bits per heavy atom. The predicted molar refractivity (Wildman–Crippen MR) is 124 cm³/mol. The maximum Gasteiger partial charge on any atom is 0.257 e. The standard InChI is InChI=1S/C25H28FN5O2/c1-16-11-18(12-19-7-5-6-8-21(19)26)13-22(28-16)23-15-31(9-10-33-23)24(32)20-14-27-25(30(3)4)29-17(20)2/h5-8,11,13-14,23H,9-10,12,15H2,1-4H3. The number of morpholine rings is 1. The average Bonchev–Trinajstić information content (AvgIpc) is 2.80. The van der Waals surface area contributed by atoms with Gasteiger partial charge in [0.15, 0.2) is 0 Å². The van der Waals surface area contributed by atoms with Crippen LogP contribution >= 0.6 is 0 Å². The number of amides is 1. The Balaban J connectivity index is 1.53. The second kappa shape index (κ2) is 9.62. The van der Waals surface area contributed by atoms with E-state index < -0.39 is 0 Å². The number of carbonyl (C=O) groups excluding carboxylic acids is 1. The summed E-state index contributed by atoms with van der Waals surface area (Å²) in [7, 11) is 3.72. The van der Waals surface area contributed by atoms with Crippen LogP contribution in [-0.4, -0.2) is 59.6 Å². The van der Waals surface area contributed by atoms with Crippen LogP contribution in [0.25, 0.3) is 0 Å². The Morgan fingerprint density at radius 3 is 2.73 bits per heavy atom. The molecule has 0 N–H and O–H groups in total. The number of carbonyl (C=O) groups is 1. The van der Waals surface area contributed by atoms with Gasteiger partial charge in [-0.1, -0.05) is 18.2 Å². The molecule has 3 heterocycles.